The van der Waals surface area contributed by atoms with Gasteiger partial charge in [-0.15, -0.1) is 0 Å². The molecule has 1 unspecified atom stereocenters. The van der Waals surface area contributed by atoms with Gasteiger partial charge in [-0.1, -0.05) is 84.0 Å². The molecule has 3 aromatic heterocycles. The number of hydrogen-bond acceptors (Lipinski definition) is 2. The molecule has 1 spiro atoms. The largest absolute Gasteiger partial charge is 0.456 e. The number of fused-ring (bicyclic) bond motifs is 8. The van der Waals surface area contributed by atoms with Crippen molar-refractivity contribution in [3.8, 4) is 28.6 Å². The van der Waals surface area contributed by atoms with Crippen LogP contribution < -0.4 is 18.8 Å². The van der Waals surface area contributed by atoms with Crippen LogP contribution in [0.1, 0.15) is 86.8 Å². The molecule has 236 valence electrons. The van der Waals surface area contributed by atoms with Gasteiger partial charge in [0.05, 0.1) is 5.39 Å². The van der Waals surface area contributed by atoms with Gasteiger partial charge in [-0.05, 0) is 71.5 Å². The highest BCUT2D eigenvalue weighted by Crippen LogP contribution is 2.64. The Hall–Kier alpha value is -5.42. The zero-order chi connectivity index (χ0) is 32.9. The van der Waals surface area contributed by atoms with Crippen molar-refractivity contribution >= 4 is 39.1 Å². The maximum atomic E-state index is 7.08. The summed E-state index contributed by atoms with van der Waals surface area (Å²) in [6, 6.07) is 36.8. The Morgan fingerprint density at radius 2 is 1.43 bits per heavy atom. The fourth-order valence-corrected chi connectivity index (χ4v) is 10.3. The Labute approximate surface area is 285 Å². The second-order valence-corrected chi connectivity index (χ2v) is 15.8. The van der Waals surface area contributed by atoms with Gasteiger partial charge in [0.1, 0.15) is 39.5 Å². The molecule has 0 bridgehead atoms. The van der Waals surface area contributed by atoms with E-state index < -0.39 is 5.66 Å². The van der Waals surface area contributed by atoms with Crippen LogP contribution in [-0.4, -0.2) is 4.57 Å². The van der Waals surface area contributed by atoms with Crippen LogP contribution in [0.4, 0.5) is 17.2 Å². The number of aromatic nitrogens is 3. The van der Waals surface area contributed by atoms with Crippen LogP contribution in [0.25, 0.3) is 39.0 Å². The molecule has 0 radical (unpaired) electrons. The summed E-state index contributed by atoms with van der Waals surface area (Å²) in [5, 5.41) is 2.65. The van der Waals surface area contributed by atoms with E-state index in [9.17, 15) is 0 Å². The Morgan fingerprint density at radius 3 is 2.27 bits per heavy atom. The van der Waals surface area contributed by atoms with E-state index in [0.29, 0.717) is 11.8 Å². The Balaban J connectivity index is 1.41. The van der Waals surface area contributed by atoms with Gasteiger partial charge >= 0.3 is 5.66 Å². The summed E-state index contributed by atoms with van der Waals surface area (Å²) < 4.78 is 15.0. The van der Waals surface area contributed by atoms with Crippen molar-refractivity contribution in [2.75, 3.05) is 4.90 Å². The first-order chi connectivity index (χ1) is 23.7. The Morgan fingerprint density at radius 1 is 0.673 bits per heavy atom. The Bertz CT molecular complexity index is 2750. The summed E-state index contributed by atoms with van der Waals surface area (Å²) in [6.07, 6.45) is 0. The number of ether oxygens (including phenoxy) is 1. The molecule has 4 aromatic carbocycles. The zero-order valence-corrected chi connectivity index (χ0v) is 28.6. The average molecular weight is 637 g/mol. The van der Waals surface area contributed by atoms with Crippen molar-refractivity contribution in [3.63, 3.8) is 0 Å². The normalized spacial score (nSPS) is 18.7. The Kier molecular flexibility index (Phi) is 4.36. The van der Waals surface area contributed by atoms with E-state index in [1.54, 1.807) is 0 Å². The smallest absolute Gasteiger partial charge is 0.323 e. The minimum atomic E-state index is -0.669. The van der Waals surface area contributed by atoms with E-state index in [1.807, 2.05) is 0 Å². The van der Waals surface area contributed by atoms with Gasteiger partial charge < -0.3 is 4.74 Å². The number of benzene rings is 4. The fraction of sp³-hybridized carbons (Fsp3) is 0.227. The number of para-hydroxylation sites is 2. The molecule has 5 aliphatic rings. The molecule has 0 aliphatic carbocycles. The molecular formula is C44H36N4O+2. The first-order valence-corrected chi connectivity index (χ1v) is 17.8. The first kappa shape index (κ1) is 26.5. The molecule has 5 aliphatic heterocycles. The van der Waals surface area contributed by atoms with E-state index >= 15 is 0 Å². The number of hydrogen-bond donors (Lipinski definition) is 0. The molecule has 12 rings (SSSR count). The summed E-state index contributed by atoms with van der Waals surface area (Å²) in [6.45, 7) is 14.1. The summed E-state index contributed by atoms with van der Waals surface area (Å²) in [4.78, 5) is 2.57. The van der Waals surface area contributed by atoms with E-state index in [-0.39, 0.29) is 5.41 Å². The molecule has 8 heterocycles. The molecule has 0 N–H and O–H groups in total. The maximum Gasteiger partial charge on any atom is 0.323 e. The molecule has 0 amide bonds. The highest BCUT2D eigenvalue weighted by Gasteiger charge is 2.71. The molecular weight excluding hydrogens is 601 g/mol. The monoisotopic (exact) mass is 636 g/mol. The second-order valence-electron chi connectivity index (χ2n) is 15.8. The summed E-state index contributed by atoms with van der Waals surface area (Å²) in [7, 11) is 0. The quantitative estimate of drug-likeness (QED) is 0.177. The number of rotatable bonds is 2. The minimum Gasteiger partial charge on any atom is -0.456 e. The fourth-order valence-electron chi connectivity index (χ4n) is 10.3. The van der Waals surface area contributed by atoms with Crippen LogP contribution in [0.2, 0.25) is 0 Å². The van der Waals surface area contributed by atoms with Gasteiger partial charge in [-0.3, -0.25) is 0 Å². The van der Waals surface area contributed by atoms with Gasteiger partial charge in [0.25, 0.3) is 11.5 Å². The lowest BCUT2D eigenvalue weighted by molar-refractivity contribution is -0.925. The third-order valence-electron chi connectivity index (χ3n) is 12.4. The van der Waals surface area contributed by atoms with Gasteiger partial charge in [0, 0.05) is 28.0 Å². The lowest BCUT2D eigenvalue weighted by atomic mass is 9.70. The van der Waals surface area contributed by atoms with Crippen LogP contribution in [0.5, 0.6) is 11.5 Å². The van der Waals surface area contributed by atoms with Crippen molar-refractivity contribution in [2.24, 2.45) is 0 Å². The molecule has 0 saturated carbocycles. The van der Waals surface area contributed by atoms with E-state index in [1.165, 1.54) is 89.6 Å². The van der Waals surface area contributed by atoms with E-state index in [4.69, 9.17) is 4.74 Å². The molecule has 5 nitrogen and oxygen atoms in total. The summed E-state index contributed by atoms with van der Waals surface area (Å²) >= 11 is 0. The van der Waals surface area contributed by atoms with Crippen molar-refractivity contribution in [2.45, 2.75) is 64.5 Å². The van der Waals surface area contributed by atoms with Crippen LogP contribution in [-0.2, 0) is 11.1 Å². The standard InChI is InChI=1S/C44H36N4O/c1-23(2)25-20-33-34-22-27(24(3)4)38-26-12-7-9-14-30(26)45-32-16-11-17-35-39(32)44(48(34)42(38)45)40-36(49-35)19-18-29-41(40)46(37(21-25)47(33)44)31-15-10-8-13-28(31)43(29,5)6/h7-24H,1-6H3/q+2. The van der Waals surface area contributed by atoms with Crippen LogP contribution in [0.3, 0.4) is 0 Å². The van der Waals surface area contributed by atoms with Gasteiger partial charge in [0.15, 0.2) is 17.1 Å². The van der Waals surface area contributed by atoms with Gasteiger partial charge in [-0.25, -0.2) is 0 Å². The summed E-state index contributed by atoms with van der Waals surface area (Å²) in [5.74, 6) is 3.78. The predicted octanol–water partition coefficient (Wildman–Crippen LogP) is 9.73. The summed E-state index contributed by atoms with van der Waals surface area (Å²) in [5.41, 5.74) is 15.7. The lowest BCUT2D eigenvalue weighted by Crippen LogP contribution is -2.76. The third-order valence-corrected chi connectivity index (χ3v) is 12.4. The van der Waals surface area contributed by atoms with Gasteiger partial charge in [-0.2, -0.15) is 18.6 Å². The molecule has 49 heavy (non-hydrogen) atoms. The molecule has 0 fully saturated rings. The molecule has 0 saturated heterocycles. The average Bonchev–Trinajstić information content (AvgIpc) is 3.59. The van der Waals surface area contributed by atoms with Crippen LogP contribution in [0, 0.1) is 0 Å². The van der Waals surface area contributed by atoms with E-state index in [0.717, 1.165) is 11.5 Å². The maximum absolute atomic E-state index is 7.08. The van der Waals surface area contributed by atoms with Crippen molar-refractivity contribution < 1.29 is 13.9 Å². The predicted molar refractivity (Wildman–Crippen MR) is 193 cm³/mol. The number of anilines is 3. The number of nitrogens with zero attached hydrogens (tertiary/aromatic N) is 4. The van der Waals surface area contributed by atoms with Crippen LogP contribution >= 0.6 is 0 Å². The lowest BCUT2D eigenvalue weighted by Gasteiger charge is -2.46. The van der Waals surface area contributed by atoms with E-state index in [2.05, 4.69) is 157 Å². The zero-order valence-electron chi connectivity index (χ0n) is 28.6. The topological polar surface area (TPSA) is 25.2 Å². The molecule has 1 atom stereocenters. The second kappa shape index (κ2) is 8.06. The minimum absolute atomic E-state index is 0.207. The first-order valence-electron chi connectivity index (χ1n) is 17.8. The molecule has 5 heteroatoms. The number of pyridine rings is 2. The van der Waals surface area contributed by atoms with Gasteiger partial charge in [0.2, 0.25) is 0 Å². The van der Waals surface area contributed by atoms with Crippen molar-refractivity contribution in [1.82, 2.24) is 4.57 Å². The highest BCUT2D eigenvalue weighted by molar-refractivity contribution is 6.10. The van der Waals surface area contributed by atoms with Crippen LogP contribution in [0.15, 0.2) is 97.1 Å². The SMILES string of the molecule is CC(C)c1cc2[n+]3c(c1)N1c4ccccc4C(C)(C)c4ccc5c(c41)C31c3c(cccc3-n3c4ccccc4c4c(C(C)C)cc-2[n+]1c43)O5. The highest BCUT2D eigenvalue weighted by atomic mass is 16.5. The van der Waals surface area contributed by atoms with Crippen molar-refractivity contribution in [3.05, 3.63) is 130 Å². The van der Waals surface area contributed by atoms with Crippen molar-refractivity contribution in [1.29, 1.82) is 0 Å². The third kappa shape index (κ3) is 2.62. The molecule has 7 aromatic rings.